The minimum atomic E-state index is -0.967. The summed E-state index contributed by atoms with van der Waals surface area (Å²) in [5.74, 6) is -1.31. The fraction of sp³-hybridized carbons (Fsp3) is 0.300. The summed E-state index contributed by atoms with van der Waals surface area (Å²) in [6.07, 6.45) is 0. The van der Waals surface area contributed by atoms with Gasteiger partial charge in [0.25, 0.3) is 0 Å². The summed E-state index contributed by atoms with van der Waals surface area (Å²) in [6, 6.07) is 3.82. The molecule has 0 bridgehead atoms. The fourth-order valence-corrected chi connectivity index (χ4v) is 0.994. The van der Waals surface area contributed by atoms with Gasteiger partial charge in [-0.3, -0.25) is 4.79 Å². The maximum Gasteiger partial charge on any atom is 0.325 e. The molecule has 0 saturated carbocycles. The van der Waals surface area contributed by atoms with Gasteiger partial charge in [0, 0.05) is 5.69 Å². The van der Waals surface area contributed by atoms with Crippen molar-refractivity contribution in [1.82, 2.24) is 0 Å². The lowest BCUT2D eigenvalue weighted by Crippen LogP contribution is -2.25. The molecule has 0 heterocycles. The number of carboxylic acids is 1. The molecule has 14 heavy (non-hydrogen) atoms. The summed E-state index contributed by atoms with van der Waals surface area (Å²) >= 11 is 0. The van der Waals surface area contributed by atoms with Gasteiger partial charge in [-0.25, -0.2) is 4.39 Å². The van der Waals surface area contributed by atoms with Crippen LogP contribution in [0, 0.1) is 12.7 Å². The van der Waals surface area contributed by atoms with Gasteiger partial charge in [0.15, 0.2) is 0 Å². The number of benzene rings is 1. The van der Waals surface area contributed by atoms with Crippen LogP contribution in [0.15, 0.2) is 18.2 Å². The molecule has 0 aliphatic rings. The SMILES string of the molecule is Cc1ccc(N[C@@H](C)C(=O)O)cc1F. The average Bonchev–Trinajstić information content (AvgIpc) is 2.11. The Bertz CT molecular complexity index is 352. The molecule has 1 atom stereocenters. The van der Waals surface area contributed by atoms with Crippen LogP contribution in [0.5, 0.6) is 0 Å². The maximum absolute atomic E-state index is 13.0. The summed E-state index contributed by atoms with van der Waals surface area (Å²) in [4.78, 5) is 10.5. The Kier molecular flexibility index (Phi) is 3.06. The number of anilines is 1. The van der Waals surface area contributed by atoms with Crippen LogP contribution in [0.3, 0.4) is 0 Å². The Morgan fingerprint density at radius 3 is 2.71 bits per heavy atom. The highest BCUT2D eigenvalue weighted by Crippen LogP contribution is 2.14. The first kappa shape index (κ1) is 10.5. The zero-order valence-corrected chi connectivity index (χ0v) is 8.04. The summed E-state index contributed by atoms with van der Waals surface area (Å²) in [7, 11) is 0. The van der Waals surface area contributed by atoms with Gasteiger partial charge in [-0.15, -0.1) is 0 Å². The molecule has 1 rings (SSSR count). The Labute approximate surface area is 81.6 Å². The van der Waals surface area contributed by atoms with Gasteiger partial charge in [0.2, 0.25) is 0 Å². The molecule has 0 radical (unpaired) electrons. The molecule has 0 saturated heterocycles. The third kappa shape index (κ3) is 2.45. The summed E-state index contributed by atoms with van der Waals surface area (Å²) in [5, 5.41) is 11.3. The zero-order valence-electron chi connectivity index (χ0n) is 8.04. The van der Waals surface area contributed by atoms with Crippen LogP contribution in [0.1, 0.15) is 12.5 Å². The lowest BCUT2D eigenvalue weighted by atomic mass is 10.2. The highest BCUT2D eigenvalue weighted by atomic mass is 19.1. The number of aryl methyl sites for hydroxylation is 1. The third-order valence-electron chi connectivity index (χ3n) is 1.93. The van der Waals surface area contributed by atoms with Crippen molar-refractivity contribution in [2.75, 3.05) is 5.32 Å². The van der Waals surface area contributed by atoms with Crippen molar-refractivity contribution in [3.63, 3.8) is 0 Å². The van der Waals surface area contributed by atoms with Gasteiger partial charge in [-0.2, -0.15) is 0 Å². The van der Waals surface area contributed by atoms with Gasteiger partial charge in [-0.1, -0.05) is 6.07 Å². The smallest absolute Gasteiger partial charge is 0.325 e. The molecule has 0 aliphatic heterocycles. The van der Waals surface area contributed by atoms with Crippen LogP contribution in [0.4, 0.5) is 10.1 Å². The molecule has 3 nitrogen and oxygen atoms in total. The lowest BCUT2D eigenvalue weighted by Gasteiger charge is -2.10. The standard InChI is InChI=1S/C10H12FNO2/c1-6-3-4-8(5-9(6)11)12-7(2)10(13)14/h3-5,7,12H,1-2H3,(H,13,14)/t7-/m0/s1. The van der Waals surface area contributed by atoms with E-state index in [0.717, 1.165) is 0 Å². The van der Waals surface area contributed by atoms with Crippen LogP contribution in [-0.4, -0.2) is 17.1 Å². The first-order chi connectivity index (χ1) is 6.50. The average molecular weight is 197 g/mol. The summed E-state index contributed by atoms with van der Waals surface area (Å²) in [6.45, 7) is 3.15. The highest BCUT2D eigenvalue weighted by Gasteiger charge is 2.10. The van der Waals surface area contributed by atoms with Crippen LogP contribution < -0.4 is 5.32 Å². The van der Waals surface area contributed by atoms with E-state index in [1.54, 1.807) is 19.1 Å². The predicted molar refractivity (Wildman–Crippen MR) is 51.9 cm³/mol. The molecular formula is C10H12FNO2. The first-order valence-electron chi connectivity index (χ1n) is 4.26. The second-order valence-electron chi connectivity index (χ2n) is 3.17. The molecule has 0 aliphatic carbocycles. The lowest BCUT2D eigenvalue weighted by molar-refractivity contribution is -0.137. The summed E-state index contributed by atoms with van der Waals surface area (Å²) < 4.78 is 13.0. The molecule has 0 fully saturated rings. The molecule has 0 amide bonds. The normalized spacial score (nSPS) is 12.2. The van der Waals surface area contributed by atoms with Crippen molar-refractivity contribution >= 4 is 11.7 Å². The molecule has 0 spiro atoms. The topological polar surface area (TPSA) is 49.3 Å². The van der Waals surface area contributed by atoms with Crippen LogP contribution in [0.25, 0.3) is 0 Å². The Morgan fingerprint density at radius 2 is 2.21 bits per heavy atom. The molecule has 4 heteroatoms. The van der Waals surface area contributed by atoms with Crippen molar-refractivity contribution in [1.29, 1.82) is 0 Å². The van der Waals surface area contributed by atoms with E-state index < -0.39 is 12.0 Å². The quantitative estimate of drug-likeness (QED) is 0.779. The van der Waals surface area contributed by atoms with Crippen molar-refractivity contribution in [2.45, 2.75) is 19.9 Å². The van der Waals surface area contributed by atoms with Gasteiger partial charge in [0.1, 0.15) is 11.9 Å². The summed E-state index contributed by atoms with van der Waals surface area (Å²) in [5.41, 5.74) is 1.02. The number of hydrogen-bond donors (Lipinski definition) is 2. The molecule has 1 aromatic carbocycles. The van der Waals surface area contributed by atoms with E-state index in [-0.39, 0.29) is 5.82 Å². The Hall–Kier alpha value is -1.58. The zero-order chi connectivity index (χ0) is 10.7. The van der Waals surface area contributed by atoms with Gasteiger partial charge >= 0.3 is 5.97 Å². The minimum absolute atomic E-state index is 0.340. The Balaban J connectivity index is 2.78. The van der Waals surface area contributed by atoms with E-state index in [2.05, 4.69) is 5.32 Å². The van der Waals surface area contributed by atoms with Crippen molar-refractivity contribution in [3.05, 3.63) is 29.6 Å². The largest absolute Gasteiger partial charge is 0.480 e. The maximum atomic E-state index is 13.0. The highest BCUT2D eigenvalue weighted by molar-refractivity contribution is 5.76. The third-order valence-corrected chi connectivity index (χ3v) is 1.93. The Morgan fingerprint density at radius 1 is 1.57 bits per heavy atom. The fourth-order valence-electron chi connectivity index (χ4n) is 0.994. The van der Waals surface area contributed by atoms with Crippen molar-refractivity contribution in [3.8, 4) is 0 Å². The molecule has 0 unspecified atom stereocenters. The number of aliphatic carboxylic acids is 1. The predicted octanol–water partition coefficient (Wildman–Crippen LogP) is 2.02. The molecule has 0 aromatic heterocycles. The van der Waals surface area contributed by atoms with Crippen LogP contribution in [-0.2, 0) is 4.79 Å². The number of carboxylic acid groups (broad SMARTS) is 1. The van der Waals surface area contributed by atoms with E-state index in [9.17, 15) is 9.18 Å². The molecule has 1 aromatic rings. The minimum Gasteiger partial charge on any atom is -0.480 e. The number of halogens is 1. The van der Waals surface area contributed by atoms with E-state index >= 15 is 0 Å². The van der Waals surface area contributed by atoms with E-state index in [0.29, 0.717) is 11.3 Å². The first-order valence-corrected chi connectivity index (χ1v) is 4.26. The monoisotopic (exact) mass is 197 g/mol. The van der Waals surface area contributed by atoms with Crippen molar-refractivity contribution in [2.24, 2.45) is 0 Å². The van der Waals surface area contributed by atoms with E-state index in [1.165, 1.54) is 13.0 Å². The van der Waals surface area contributed by atoms with Gasteiger partial charge < -0.3 is 10.4 Å². The second-order valence-corrected chi connectivity index (χ2v) is 3.17. The molecule has 76 valence electrons. The molecular weight excluding hydrogens is 185 g/mol. The molecule has 2 N–H and O–H groups in total. The number of carbonyl (C=O) groups is 1. The second kappa shape index (κ2) is 4.09. The van der Waals surface area contributed by atoms with E-state index in [4.69, 9.17) is 5.11 Å². The van der Waals surface area contributed by atoms with Crippen LogP contribution >= 0.6 is 0 Å². The number of nitrogens with one attached hydrogen (secondary N) is 1. The van der Waals surface area contributed by atoms with E-state index in [1.807, 2.05) is 0 Å². The van der Waals surface area contributed by atoms with Gasteiger partial charge in [-0.05, 0) is 31.5 Å². The van der Waals surface area contributed by atoms with Crippen LogP contribution in [0.2, 0.25) is 0 Å². The van der Waals surface area contributed by atoms with Crippen molar-refractivity contribution < 1.29 is 14.3 Å². The number of hydrogen-bond acceptors (Lipinski definition) is 2. The van der Waals surface area contributed by atoms with Gasteiger partial charge in [0.05, 0.1) is 0 Å². The number of rotatable bonds is 3.